The van der Waals surface area contributed by atoms with Crippen molar-refractivity contribution in [3.8, 4) is 0 Å². The molecule has 0 amide bonds. The van der Waals surface area contributed by atoms with Gasteiger partial charge in [-0.25, -0.2) is 0 Å². The number of rotatable bonds is 9. The summed E-state index contributed by atoms with van der Waals surface area (Å²) in [5.74, 6) is 0. The zero-order chi connectivity index (χ0) is 15.0. The molecular weight excluding hydrogens is 250 g/mol. The van der Waals surface area contributed by atoms with Crippen molar-refractivity contribution in [1.29, 1.82) is 0 Å². The van der Waals surface area contributed by atoms with Crippen LogP contribution in [0.4, 0.5) is 0 Å². The van der Waals surface area contributed by atoms with E-state index >= 15 is 0 Å². The Hall–Kier alpha value is -0.940. The van der Waals surface area contributed by atoms with Crippen molar-refractivity contribution in [3.05, 3.63) is 35.4 Å². The van der Waals surface area contributed by atoms with Gasteiger partial charge in [0.2, 0.25) is 0 Å². The number of hydrogen-bond donors (Lipinski definition) is 2. The predicted octanol–water partition coefficient (Wildman–Crippen LogP) is 1.45. The summed E-state index contributed by atoms with van der Waals surface area (Å²) in [5.41, 5.74) is 7.65. The lowest BCUT2D eigenvalue weighted by Gasteiger charge is -2.26. The maximum Gasteiger partial charge on any atom is 0.0916 e. The average molecular weight is 279 g/mol. The van der Waals surface area contributed by atoms with Crippen molar-refractivity contribution in [2.24, 2.45) is 5.73 Å². The summed E-state index contributed by atoms with van der Waals surface area (Å²) in [7, 11) is 4.15. The van der Waals surface area contributed by atoms with Gasteiger partial charge in [0.1, 0.15) is 0 Å². The van der Waals surface area contributed by atoms with Gasteiger partial charge >= 0.3 is 0 Å². The molecule has 1 aromatic carbocycles. The van der Waals surface area contributed by atoms with Crippen LogP contribution in [0.15, 0.2) is 24.3 Å². The number of nitrogens with two attached hydrogens (primary N) is 1. The Balaban J connectivity index is 2.56. The molecule has 0 aliphatic heterocycles. The van der Waals surface area contributed by atoms with E-state index in [0.717, 1.165) is 37.2 Å². The molecule has 1 aromatic rings. The molecule has 4 heteroatoms. The smallest absolute Gasteiger partial charge is 0.0916 e. The molecule has 0 aliphatic carbocycles. The van der Waals surface area contributed by atoms with Gasteiger partial charge in [-0.15, -0.1) is 0 Å². The van der Waals surface area contributed by atoms with Gasteiger partial charge in [-0.3, -0.25) is 4.90 Å². The highest BCUT2D eigenvalue weighted by molar-refractivity contribution is 5.24. The van der Waals surface area contributed by atoms with Crippen LogP contribution in [0.25, 0.3) is 0 Å². The predicted molar refractivity (Wildman–Crippen MR) is 84.6 cm³/mol. The second-order valence-electron chi connectivity index (χ2n) is 5.57. The van der Waals surface area contributed by atoms with Gasteiger partial charge in [-0.1, -0.05) is 31.2 Å². The molecule has 0 radical (unpaired) electrons. The highest BCUT2D eigenvalue weighted by atomic mass is 16.3. The molecule has 1 unspecified atom stereocenters. The molecule has 0 spiro atoms. The van der Waals surface area contributed by atoms with Crippen LogP contribution in [-0.4, -0.2) is 55.2 Å². The second kappa shape index (κ2) is 9.08. The third-order valence-electron chi connectivity index (χ3n) is 3.43. The minimum atomic E-state index is -0.435. The Morgan fingerprint density at radius 3 is 2.25 bits per heavy atom. The summed E-state index contributed by atoms with van der Waals surface area (Å²) in [4.78, 5) is 4.49. The van der Waals surface area contributed by atoms with E-state index in [-0.39, 0.29) is 0 Å². The Labute approximate surface area is 123 Å². The minimum Gasteiger partial charge on any atom is -0.387 e. The normalized spacial score (nSPS) is 13.2. The molecule has 0 bridgehead atoms. The van der Waals surface area contributed by atoms with Crippen molar-refractivity contribution >= 4 is 0 Å². The fourth-order valence-corrected chi connectivity index (χ4v) is 2.18. The highest BCUT2D eigenvalue weighted by Gasteiger charge is 2.13. The lowest BCUT2D eigenvalue weighted by molar-refractivity contribution is 0.108. The van der Waals surface area contributed by atoms with Gasteiger partial charge in [0.25, 0.3) is 0 Å². The maximum atomic E-state index is 10.4. The van der Waals surface area contributed by atoms with Crippen LogP contribution in [-0.2, 0) is 6.54 Å². The Morgan fingerprint density at radius 1 is 1.10 bits per heavy atom. The van der Waals surface area contributed by atoms with Gasteiger partial charge in [0, 0.05) is 26.2 Å². The van der Waals surface area contributed by atoms with E-state index in [9.17, 15) is 5.11 Å². The van der Waals surface area contributed by atoms with Crippen LogP contribution in [0.2, 0.25) is 0 Å². The van der Waals surface area contributed by atoms with Crippen LogP contribution in [0.3, 0.4) is 0 Å². The first-order valence-corrected chi connectivity index (χ1v) is 7.40. The first-order chi connectivity index (χ1) is 9.56. The molecule has 0 aliphatic rings. The van der Waals surface area contributed by atoms with Crippen molar-refractivity contribution in [1.82, 2.24) is 9.80 Å². The van der Waals surface area contributed by atoms with E-state index in [1.54, 1.807) is 0 Å². The van der Waals surface area contributed by atoms with Crippen molar-refractivity contribution < 1.29 is 5.11 Å². The maximum absolute atomic E-state index is 10.4. The second-order valence-corrected chi connectivity index (χ2v) is 5.57. The van der Waals surface area contributed by atoms with E-state index in [1.165, 1.54) is 0 Å². The van der Waals surface area contributed by atoms with E-state index in [0.29, 0.717) is 13.1 Å². The van der Waals surface area contributed by atoms with Crippen molar-refractivity contribution in [2.45, 2.75) is 26.0 Å². The zero-order valence-corrected chi connectivity index (χ0v) is 13.0. The number of nitrogens with zero attached hydrogens (tertiary/aromatic N) is 2. The third-order valence-corrected chi connectivity index (χ3v) is 3.43. The summed E-state index contributed by atoms with van der Waals surface area (Å²) in [5, 5.41) is 10.4. The Bertz CT molecular complexity index is 364. The zero-order valence-electron chi connectivity index (χ0n) is 13.0. The first kappa shape index (κ1) is 17.1. The molecular formula is C16H29N3O. The van der Waals surface area contributed by atoms with Crippen LogP contribution >= 0.6 is 0 Å². The van der Waals surface area contributed by atoms with Gasteiger partial charge in [0.15, 0.2) is 0 Å². The fourth-order valence-electron chi connectivity index (χ4n) is 2.18. The van der Waals surface area contributed by atoms with Crippen LogP contribution in [0.5, 0.6) is 0 Å². The monoisotopic (exact) mass is 279 g/mol. The summed E-state index contributed by atoms with van der Waals surface area (Å²) in [6.07, 6.45) is 0.669. The fraction of sp³-hybridized carbons (Fsp3) is 0.625. The lowest BCUT2D eigenvalue weighted by atomic mass is 10.1. The number of aliphatic hydroxyl groups is 1. The average Bonchev–Trinajstić information content (AvgIpc) is 2.45. The lowest BCUT2D eigenvalue weighted by Crippen LogP contribution is -2.35. The van der Waals surface area contributed by atoms with Crippen LogP contribution in [0.1, 0.15) is 30.6 Å². The Kier molecular flexibility index (Phi) is 7.77. The molecule has 1 rings (SSSR count). The van der Waals surface area contributed by atoms with E-state index in [1.807, 2.05) is 24.3 Å². The van der Waals surface area contributed by atoms with Gasteiger partial charge in [-0.05, 0) is 38.2 Å². The standard InChI is InChI=1S/C16H29N3O/c1-4-9-19(11-10-18(2)3)13-16(20)15-7-5-14(12-17)6-8-15/h5-8,16,20H,4,9-13,17H2,1-3H3. The number of aliphatic hydroxyl groups excluding tert-OH is 1. The van der Waals surface area contributed by atoms with Crippen molar-refractivity contribution in [3.63, 3.8) is 0 Å². The van der Waals surface area contributed by atoms with Gasteiger partial charge in [0.05, 0.1) is 6.10 Å². The van der Waals surface area contributed by atoms with Crippen molar-refractivity contribution in [2.75, 3.05) is 40.3 Å². The molecule has 4 nitrogen and oxygen atoms in total. The molecule has 114 valence electrons. The van der Waals surface area contributed by atoms with Gasteiger partial charge < -0.3 is 15.7 Å². The summed E-state index contributed by atoms with van der Waals surface area (Å²) in [6.45, 7) is 6.42. The Morgan fingerprint density at radius 2 is 1.75 bits per heavy atom. The van der Waals surface area contributed by atoms with Crippen LogP contribution < -0.4 is 5.73 Å². The molecule has 0 heterocycles. The topological polar surface area (TPSA) is 52.7 Å². The van der Waals surface area contributed by atoms with Crippen LogP contribution in [0, 0.1) is 0 Å². The summed E-state index contributed by atoms with van der Waals surface area (Å²) in [6, 6.07) is 7.93. The number of hydrogen-bond acceptors (Lipinski definition) is 4. The molecule has 0 saturated carbocycles. The largest absolute Gasteiger partial charge is 0.387 e. The van der Waals surface area contributed by atoms with Gasteiger partial charge in [-0.2, -0.15) is 0 Å². The SMILES string of the molecule is CCCN(CCN(C)C)CC(O)c1ccc(CN)cc1. The quantitative estimate of drug-likeness (QED) is 0.718. The summed E-state index contributed by atoms with van der Waals surface area (Å²) >= 11 is 0. The van der Waals surface area contributed by atoms with E-state index in [4.69, 9.17) is 5.73 Å². The molecule has 0 fully saturated rings. The van der Waals surface area contributed by atoms with E-state index in [2.05, 4.69) is 30.8 Å². The molecule has 3 N–H and O–H groups in total. The molecule has 0 saturated heterocycles. The minimum absolute atomic E-state index is 0.435. The molecule has 0 aromatic heterocycles. The van der Waals surface area contributed by atoms with E-state index < -0.39 is 6.10 Å². The molecule has 1 atom stereocenters. The third kappa shape index (κ3) is 6.01. The summed E-state index contributed by atoms with van der Waals surface area (Å²) < 4.78 is 0. The first-order valence-electron chi connectivity index (χ1n) is 7.40. The number of likely N-dealkylation sites (N-methyl/N-ethyl adjacent to an activating group) is 1. The highest BCUT2D eigenvalue weighted by Crippen LogP contribution is 2.15. The molecule has 20 heavy (non-hydrogen) atoms. The number of benzene rings is 1.